The Morgan fingerprint density at radius 2 is 2.00 bits per heavy atom. The van der Waals surface area contributed by atoms with E-state index in [1.165, 1.54) is 45.2 Å². The standard InChI is InChI=1S/C12H23N/c1-3-13-9-10(2)8-11-6-4-5-7-12(11)13/h10-12H,3-9H2,1-2H3/t10-,11+,12+/m0/s1. The van der Waals surface area contributed by atoms with Crippen LogP contribution in [0.15, 0.2) is 0 Å². The molecule has 2 fully saturated rings. The van der Waals surface area contributed by atoms with Crippen molar-refractivity contribution in [2.75, 3.05) is 13.1 Å². The summed E-state index contributed by atoms with van der Waals surface area (Å²) in [7, 11) is 0. The first-order valence-electron chi connectivity index (χ1n) is 6.05. The van der Waals surface area contributed by atoms with Crippen LogP contribution in [0.4, 0.5) is 0 Å². The number of nitrogens with zero attached hydrogens (tertiary/aromatic N) is 1. The molecule has 0 unspecified atom stereocenters. The first-order chi connectivity index (χ1) is 6.31. The maximum Gasteiger partial charge on any atom is 0.0124 e. The molecule has 1 saturated carbocycles. The first-order valence-corrected chi connectivity index (χ1v) is 6.05. The van der Waals surface area contributed by atoms with Crippen LogP contribution in [0.1, 0.15) is 46.0 Å². The number of piperidine rings is 1. The lowest BCUT2D eigenvalue weighted by Crippen LogP contribution is -2.49. The number of fused-ring (bicyclic) bond motifs is 1. The van der Waals surface area contributed by atoms with E-state index >= 15 is 0 Å². The molecule has 1 nitrogen and oxygen atoms in total. The van der Waals surface area contributed by atoms with E-state index in [1.807, 2.05) is 0 Å². The van der Waals surface area contributed by atoms with Gasteiger partial charge in [0.2, 0.25) is 0 Å². The molecule has 76 valence electrons. The first kappa shape index (κ1) is 9.51. The van der Waals surface area contributed by atoms with Crippen molar-refractivity contribution in [2.24, 2.45) is 11.8 Å². The van der Waals surface area contributed by atoms with E-state index in [1.54, 1.807) is 0 Å². The van der Waals surface area contributed by atoms with Gasteiger partial charge in [0.1, 0.15) is 0 Å². The summed E-state index contributed by atoms with van der Waals surface area (Å²) in [5.74, 6) is 1.98. The van der Waals surface area contributed by atoms with E-state index in [0.717, 1.165) is 17.9 Å². The molecule has 1 heteroatoms. The van der Waals surface area contributed by atoms with Crippen LogP contribution in [0, 0.1) is 11.8 Å². The van der Waals surface area contributed by atoms with Crippen molar-refractivity contribution in [3.63, 3.8) is 0 Å². The molecule has 1 heterocycles. The van der Waals surface area contributed by atoms with Crippen LogP contribution in [0.5, 0.6) is 0 Å². The Hall–Kier alpha value is -0.0400. The summed E-state index contributed by atoms with van der Waals surface area (Å²) in [6, 6.07) is 0.954. The van der Waals surface area contributed by atoms with Gasteiger partial charge >= 0.3 is 0 Å². The Morgan fingerprint density at radius 3 is 2.77 bits per heavy atom. The van der Waals surface area contributed by atoms with Crippen molar-refractivity contribution in [1.29, 1.82) is 0 Å². The van der Waals surface area contributed by atoms with E-state index in [2.05, 4.69) is 18.7 Å². The van der Waals surface area contributed by atoms with Gasteiger partial charge in [0.05, 0.1) is 0 Å². The minimum absolute atomic E-state index is 0.944. The third-order valence-electron chi connectivity index (χ3n) is 4.00. The van der Waals surface area contributed by atoms with E-state index in [-0.39, 0.29) is 0 Å². The highest BCUT2D eigenvalue weighted by Crippen LogP contribution is 2.36. The maximum atomic E-state index is 2.73. The van der Waals surface area contributed by atoms with Gasteiger partial charge in [0.25, 0.3) is 0 Å². The van der Waals surface area contributed by atoms with Gasteiger partial charge in [0.15, 0.2) is 0 Å². The van der Waals surface area contributed by atoms with Gasteiger partial charge in [-0.25, -0.2) is 0 Å². The van der Waals surface area contributed by atoms with Crippen LogP contribution < -0.4 is 0 Å². The molecule has 1 aliphatic carbocycles. The smallest absolute Gasteiger partial charge is 0.0124 e. The highest BCUT2D eigenvalue weighted by atomic mass is 15.2. The predicted octanol–water partition coefficient (Wildman–Crippen LogP) is 2.91. The van der Waals surface area contributed by atoms with Crippen LogP contribution in [-0.4, -0.2) is 24.0 Å². The van der Waals surface area contributed by atoms with Gasteiger partial charge in [-0.3, -0.25) is 0 Å². The van der Waals surface area contributed by atoms with Crippen molar-refractivity contribution < 1.29 is 0 Å². The van der Waals surface area contributed by atoms with E-state index in [9.17, 15) is 0 Å². The highest BCUT2D eigenvalue weighted by Gasteiger charge is 2.34. The molecule has 0 bridgehead atoms. The fraction of sp³-hybridized carbons (Fsp3) is 1.00. The summed E-state index contributed by atoms with van der Waals surface area (Å²) < 4.78 is 0. The molecule has 0 aromatic rings. The molecule has 2 rings (SSSR count). The van der Waals surface area contributed by atoms with Crippen molar-refractivity contribution in [3.8, 4) is 0 Å². The van der Waals surface area contributed by atoms with Crippen LogP contribution in [0.3, 0.4) is 0 Å². The second kappa shape index (κ2) is 4.00. The fourth-order valence-electron chi connectivity index (χ4n) is 3.43. The number of likely N-dealkylation sites (tertiary alicyclic amines) is 1. The molecule has 0 aromatic heterocycles. The van der Waals surface area contributed by atoms with Gasteiger partial charge in [-0.05, 0) is 37.6 Å². The van der Waals surface area contributed by atoms with Gasteiger partial charge < -0.3 is 4.90 Å². The molecule has 1 aliphatic heterocycles. The van der Waals surface area contributed by atoms with Crippen molar-refractivity contribution in [3.05, 3.63) is 0 Å². The maximum absolute atomic E-state index is 2.73. The quantitative estimate of drug-likeness (QED) is 0.601. The van der Waals surface area contributed by atoms with Crippen LogP contribution in [0.25, 0.3) is 0 Å². The SMILES string of the molecule is CCN1C[C@@H](C)C[C@H]2CCCC[C@H]21. The molecule has 0 radical (unpaired) electrons. The zero-order chi connectivity index (χ0) is 9.26. The molecule has 2 aliphatic rings. The molecule has 0 aromatic carbocycles. The van der Waals surface area contributed by atoms with Gasteiger partial charge in [-0.2, -0.15) is 0 Å². The Morgan fingerprint density at radius 1 is 1.23 bits per heavy atom. The summed E-state index contributed by atoms with van der Waals surface area (Å²) in [4.78, 5) is 2.73. The summed E-state index contributed by atoms with van der Waals surface area (Å²) in [6.07, 6.45) is 7.45. The Balaban J connectivity index is 2.02. The van der Waals surface area contributed by atoms with Gasteiger partial charge in [-0.15, -0.1) is 0 Å². The zero-order valence-electron chi connectivity index (χ0n) is 9.13. The largest absolute Gasteiger partial charge is 0.300 e. The lowest BCUT2D eigenvalue weighted by atomic mass is 9.75. The monoisotopic (exact) mass is 181 g/mol. The van der Waals surface area contributed by atoms with E-state index in [4.69, 9.17) is 0 Å². The molecule has 0 amide bonds. The Labute approximate surface area is 82.5 Å². The average Bonchev–Trinajstić information content (AvgIpc) is 2.16. The van der Waals surface area contributed by atoms with E-state index in [0.29, 0.717) is 0 Å². The molecular formula is C12H23N. The van der Waals surface area contributed by atoms with Crippen LogP contribution in [-0.2, 0) is 0 Å². The molecular weight excluding hydrogens is 158 g/mol. The van der Waals surface area contributed by atoms with Crippen molar-refractivity contribution >= 4 is 0 Å². The predicted molar refractivity (Wildman–Crippen MR) is 56.8 cm³/mol. The van der Waals surface area contributed by atoms with Crippen molar-refractivity contribution in [1.82, 2.24) is 4.90 Å². The second-order valence-corrected chi connectivity index (χ2v) is 5.04. The molecule has 13 heavy (non-hydrogen) atoms. The number of hydrogen-bond donors (Lipinski definition) is 0. The lowest BCUT2D eigenvalue weighted by molar-refractivity contribution is 0.0378. The summed E-state index contributed by atoms with van der Waals surface area (Å²) in [5.41, 5.74) is 0. The summed E-state index contributed by atoms with van der Waals surface area (Å²) in [5, 5.41) is 0. The normalized spacial score (nSPS) is 41.5. The van der Waals surface area contributed by atoms with Gasteiger partial charge in [-0.1, -0.05) is 26.7 Å². The minimum Gasteiger partial charge on any atom is -0.300 e. The topological polar surface area (TPSA) is 3.24 Å². The van der Waals surface area contributed by atoms with E-state index < -0.39 is 0 Å². The minimum atomic E-state index is 0.944. The molecule has 0 N–H and O–H groups in total. The average molecular weight is 181 g/mol. The summed E-state index contributed by atoms with van der Waals surface area (Å²) in [6.45, 7) is 7.38. The molecule has 1 saturated heterocycles. The number of hydrogen-bond acceptors (Lipinski definition) is 1. The van der Waals surface area contributed by atoms with Crippen LogP contribution in [0.2, 0.25) is 0 Å². The van der Waals surface area contributed by atoms with Crippen LogP contribution >= 0.6 is 0 Å². The fourth-order valence-corrected chi connectivity index (χ4v) is 3.43. The van der Waals surface area contributed by atoms with Gasteiger partial charge in [0, 0.05) is 12.6 Å². The second-order valence-electron chi connectivity index (χ2n) is 5.04. The number of rotatable bonds is 1. The highest BCUT2D eigenvalue weighted by molar-refractivity contribution is 4.88. The molecule has 3 atom stereocenters. The third-order valence-corrected chi connectivity index (χ3v) is 4.00. The zero-order valence-corrected chi connectivity index (χ0v) is 9.13. The summed E-state index contributed by atoms with van der Waals surface area (Å²) >= 11 is 0. The Bertz CT molecular complexity index is 159. The third kappa shape index (κ3) is 1.90. The Kier molecular flexibility index (Phi) is 2.92. The lowest BCUT2D eigenvalue weighted by Gasteiger charge is -2.46. The molecule has 0 spiro atoms. The van der Waals surface area contributed by atoms with Crippen molar-refractivity contribution in [2.45, 2.75) is 52.0 Å².